The predicted molar refractivity (Wildman–Crippen MR) is 140 cm³/mol. The van der Waals surface area contributed by atoms with E-state index in [9.17, 15) is 19.2 Å². The quantitative estimate of drug-likeness (QED) is 0.257. The molecule has 1 aliphatic heterocycles. The molecule has 8 nitrogen and oxygen atoms in total. The van der Waals surface area contributed by atoms with Crippen molar-refractivity contribution in [2.45, 2.75) is 78.5 Å². The largest absolute Gasteiger partial charge is 0.466 e. The van der Waals surface area contributed by atoms with Gasteiger partial charge in [0.1, 0.15) is 18.2 Å². The van der Waals surface area contributed by atoms with Crippen LogP contribution in [-0.2, 0) is 41.5 Å². The van der Waals surface area contributed by atoms with E-state index in [0.717, 1.165) is 23.1 Å². The maximum Gasteiger partial charge on any atom is 0.326 e. The summed E-state index contributed by atoms with van der Waals surface area (Å²) in [6.45, 7) is 11.1. The normalized spacial score (nSPS) is 17.9. The number of aryl methyl sites for hydroxylation is 1. The minimum atomic E-state index is -0.768. The molecule has 1 fully saturated rings. The van der Waals surface area contributed by atoms with Crippen LogP contribution in [0, 0.1) is 0 Å². The molecule has 2 rings (SSSR count). The zero-order valence-electron chi connectivity index (χ0n) is 22.1. The Labute approximate surface area is 218 Å². The number of β-lactam (4-membered cyclic amide) rings is 1. The van der Waals surface area contributed by atoms with Crippen LogP contribution in [-0.4, -0.2) is 65.2 Å². The molecule has 0 spiro atoms. The third-order valence-corrected chi connectivity index (χ3v) is 6.53. The van der Waals surface area contributed by atoms with Gasteiger partial charge in [0.2, 0.25) is 11.8 Å². The molecule has 1 aromatic carbocycles. The van der Waals surface area contributed by atoms with Crippen molar-refractivity contribution in [2.75, 3.05) is 18.9 Å². The molecule has 198 valence electrons. The molecule has 0 radical (unpaired) electrons. The van der Waals surface area contributed by atoms with Gasteiger partial charge >= 0.3 is 11.9 Å². The molecule has 36 heavy (non-hydrogen) atoms. The van der Waals surface area contributed by atoms with Crippen LogP contribution in [0.5, 0.6) is 0 Å². The Hall–Kier alpha value is -2.81. The lowest BCUT2D eigenvalue weighted by Crippen LogP contribution is -2.72. The summed E-state index contributed by atoms with van der Waals surface area (Å²) in [6.07, 6.45) is 1.25. The number of likely N-dealkylation sites (tertiary alicyclic amines) is 1. The first-order chi connectivity index (χ1) is 17.0. The van der Waals surface area contributed by atoms with Crippen LogP contribution in [0.1, 0.15) is 59.1 Å². The Kier molecular flexibility index (Phi) is 11.0. The molecular weight excluding hydrogens is 480 g/mol. The van der Waals surface area contributed by atoms with Crippen molar-refractivity contribution in [3.63, 3.8) is 0 Å². The molecule has 0 bridgehead atoms. The van der Waals surface area contributed by atoms with E-state index in [1.165, 1.54) is 16.7 Å². The Morgan fingerprint density at radius 1 is 1.11 bits per heavy atom. The van der Waals surface area contributed by atoms with Crippen molar-refractivity contribution in [1.82, 2.24) is 10.2 Å². The first-order valence-electron chi connectivity index (χ1n) is 12.3. The molecule has 0 saturated carbocycles. The lowest BCUT2D eigenvalue weighted by molar-refractivity contribution is -0.166. The highest BCUT2D eigenvalue weighted by Gasteiger charge is 2.49. The number of benzene rings is 1. The number of rotatable bonds is 12. The summed E-state index contributed by atoms with van der Waals surface area (Å²) >= 11 is 1.42. The Morgan fingerprint density at radius 3 is 2.39 bits per heavy atom. The average Bonchev–Trinajstić information content (AvgIpc) is 2.80. The molecule has 0 aromatic heterocycles. The number of nitrogens with zero attached hydrogens (tertiary/aromatic N) is 1. The Bertz CT molecular complexity index is 985. The molecule has 1 aliphatic rings. The van der Waals surface area contributed by atoms with Crippen LogP contribution in [0.15, 0.2) is 35.2 Å². The van der Waals surface area contributed by atoms with Gasteiger partial charge in [-0.1, -0.05) is 31.2 Å². The fourth-order valence-electron chi connectivity index (χ4n) is 3.99. The Balaban J connectivity index is 2.11. The predicted octanol–water partition coefficient (Wildman–Crippen LogP) is 3.42. The van der Waals surface area contributed by atoms with Crippen LogP contribution in [0.2, 0.25) is 0 Å². The van der Waals surface area contributed by atoms with Gasteiger partial charge in [-0.3, -0.25) is 19.2 Å². The highest BCUT2D eigenvalue weighted by atomic mass is 32.2. The van der Waals surface area contributed by atoms with Crippen LogP contribution in [0.25, 0.3) is 0 Å². The first kappa shape index (κ1) is 29.4. The summed E-state index contributed by atoms with van der Waals surface area (Å²) in [5.41, 5.74) is 2.15. The van der Waals surface area contributed by atoms with E-state index in [2.05, 4.69) is 5.32 Å². The standard InChI is InChI=1S/C27H38N2O6S/c1-7-19-11-9-10-12-20(19)15-21(30)28-24-25(18(3)17-36-14-13-22(31)34-8-2)29(26(24)33)16-23(32)35-27(4,5)6/h9-12,17,24-25H,7-8,13-16H2,1-6H3,(H,28,30). The lowest BCUT2D eigenvalue weighted by atomic mass is 9.89. The molecule has 0 aliphatic carbocycles. The molecule has 1 aromatic rings. The number of amides is 2. The number of esters is 2. The van der Waals surface area contributed by atoms with Gasteiger partial charge in [-0.15, -0.1) is 11.8 Å². The number of hydrogen-bond acceptors (Lipinski definition) is 7. The monoisotopic (exact) mass is 518 g/mol. The summed E-state index contributed by atoms with van der Waals surface area (Å²) in [6, 6.07) is 6.48. The molecular formula is C27H38N2O6S. The second-order valence-electron chi connectivity index (χ2n) is 9.63. The third-order valence-electron chi connectivity index (χ3n) is 5.55. The van der Waals surface area contributed by atoms with Gasteiger partial charge in [0.05, 0.1) is 25.5 Å². The van der Waals surface area contributed by atoms with E-state index >= 15 is 0 Å². The van der Waals surface area contributed by atoms with Gasteiger partial charge in [0.25, 0.3) is 0 Å². The molecule has 9 heteroatoms. The van der Waals surface area contributed by atoms with Gasteiger partial charge < -0.3 is 19.7 Å². The SMILES string of the molecule is CCOC(=O)CCSC=C(C)C1C(NC(=O)Cc2ccccc2CC)C(=O)N1CC(=O)OC(C)(C)C. The van der Waals surface area contributed by atoms with Gasteiger partial charge in [-0.05, 0) is 63.1 Å². The summed E-state index contributed by atoms with van der Waals surface area (Å²) in [7, 11) is 0. The van der Waals surface area contributed by atoms with E-state index in [1.807, 2.05) is 43.5 Å². The van der Waals surface area contributed by atoms with Crippen molar-refractivity contribution in [3.05, 3.63) is 46.4 Å². The molecule has 2 amide bonds. The Morgan fingerprint density at radius 2 is 1.78 bits per heavy atom. The summed E-state index contributed by atoms with van der Waals surface area (Å²) < 4.78 is 10.3. The van der Waals surface area contributed by atoms with E-state index in [-0.39, 0.29) is 37.2 Å². The second kappa shape index (κ2) is 13.5. The third kappa shape index (κ3) is 8.69. The number of carbonyl (C=O) groups excluding carboxylic acids is 4. The van der Waals surface area contributed by atoms with Crippen LogP contribution in [0.3, 0.4) is 0 Å². The molecule has 1 heterocycles. The summed E-state index contributed by atoms with van der Waals surface area (Å²) in [4.78, 5) is 51.3. The fraction of sp³-hybridized carbons (Fsp3) is 0.556. The van der Waals surface area contributed by atoms with Crippen molar-refractivity contribution in [1.29, 1.82) is 0 Å². The van der Waals surface area contributed by atoms with Crippen molar-refractivity contribution < 1.29 is 28.7 Å². The number of hydrogen-bond donors (Lipinski definition) is 1. The maximum absolute atomic E-state index is 13.0. The van der Waals surface area contributed by atoms with Crippen LogP contribution < -0.4 is 5.32 Å². The zero-order valence-corrected chi connectivity index (χ0v) is 22.9. The maximum atomic E-state index is 13.0. The van der Waals surface area contributed by atoms with Crippen LogP contribution in [0.4, 0.5) is 0 Å². The highest BCUT2D eigenvalue weighted by Crippen LogP contribution is 2.29. The number of nitrogens with one attached hydrogen (secondary N) is 1. The van der Waals surface area contributed by atoms with E-state index in [0.29, 0.717) is 12.4 Å². The van der Waals surface area contributed by atoms with Crippen molar-refractivity contribution in [3.8, 4) is 0 Å². The van der Waals surface area contributed by atoms with E-state index < -0.39 is 23.7 Å². The van der Waals surface area contributed by atoms with Gasteiger partial charge in [0.15, 0.2) is 0 Å². The first-order valence-corrected chi connectivity index (χ1v) is 13.3. The van der Waals surface area contributed by atoms with Crippen molar-refractivity contribution in [2.24, 2.45) is 0 Å². The van der Waals surface area contributed by atoms with Crippen molar-refractivity contribution >= 4 is 35.5 Å². The summed E-state index contributed by atoms with van der Waals surface area (Å²) in [5.74, 6) is -0.830. The van der Waals surface area contributed by atoms with Gasteiger partial charge in [-0.25, -0.2) is 0 Å². The molecule has 1 saturated heterocycles. The number of carbonyl (C=O) groups is 4. The topological polar surface area (TPSA) is 102 Å². The summed E-state index contributed by atoms with van der Waals surface area (Å²) in [5, 5.41) is 4.73. The number of ether oxygens (including phenoxy) is 2. The van der Waals surface area contributed by atoms with E-state index in [1.54, 1.807) is 27.7 Å². The zero-order chi connectivity index (χ0) is 26.9. The lowest BCUT2D eigenvalue weighted by Gasteiger charge is -2.47. The number of thioether (sulfide) groups is 1. The smallest absolute Gasteiger partial charge is 0.326 e. The van der Waals surface area contributed by atoms with Crippen LogP contribution >= 0.6 is 11.8 Å². The molecule has 2 atom stereocenters. The molecule has 2 unspecified atom stereocenters. The minimum Gasteiger partial charge on any atom is -0.466 e. The van der Waals surface area contributed by atoms with Gasteiger partial charge in [-0.2, -0.15) is 0 Å². The fourth-order valence-corrected chi connectivity index (χ4v) is 4.80. The highest BCUT2D eigenvalue weighted by molar-refractivity contribution is 8.02. The average molecular weight is 519 g/mol. The molecule has 1 N–H and O–H groups in total. The second-order valence-corrected chi connectivity index (χ2v) is 10.6. The van der Waals surface area contributed by atoms with E-state index in [4.69, 9.17) is 9.47 Å². The minimum absolute atomic E-state index is 0.170. The van der Waals surface area contributed by atoms with Gasteiger partial charge in [0, 0.05) is 5.75 Å².